The molecule has 0 fully saturated rings. The Morgan fingerprint density at radius 1 is 1.31 bits per heavy atom. The topological polar surface area (TPSA) is 38.0 Å². The predicted molar refractivity (Wildman–Crippen MR) is 64.1 cm³/mol. The smallest absolute Gasteiger partial charge is 0.121 e. The van der Waals surface area contributed by atoms with Gasteiger partial charge in [0.15, 0.2) is 0 Å². The van der Waals surface area contributed by atoms with Crippen LogP contribution in [0.25, 0.3) is 5.69 Å². The number of benzene rings is 1. The van der Waals surface area contributed by atoms with Gasteiger partial charge in [-0.3, -0.25) is 0 Å². The second-order valence-electron chi connectivity index (χ2n) is 4.32. The maximum absolute atomic E-state index is 9.90. The van der Waals surface area contributed by atoms with E-state index in [1.807, 2.05) is 29.8 Å². The number of aromatic nitrogens is 2. The Kier molecular flexibility index (Phi) is 2.69. The number of hydrogen-bond donors (Lipinski definition) is 1. The first kappa shape index (κ1) is 10.7. The zero-order valence-electron chi connectivity index (χ0n) is 9.81. The molecule has 0 atom stereocenters. The molecule has 0 bridgehead atoms. The standard InChI is InChI=1S/C13H16N2O/c1-9(2)12-5-4-11(6-13(12)16)15-7-10(3)14-8-15/h4-9,16H,1-3H3. The number of aryl methyl sites for hydroxylation is 1. The summed E-state index contributed by atoms with van der Waals surface area (Å²) in [7, 11) is 0. The first-order valence-electron chi connectivity index (χ1n) is 5.42. The lowest BCUT2D eigenvalue weighted by Crippen LogP contribution is -1.93. The molecule has 3 heteroatoms. The summed E-state index contributed by atoms with van der Waals surface area (Å²) in [5.41, 5.74) is 2.87. The number of rotatable bonds is 2. The van der Waals surface area contributed by atoms with E-state index in [-0.39, 0.29) is 0 Å². The number of aromatic hydroxyl groups is 1. The van der Waals surface area contributed by atoms with Gasteiger partial charge in [-0.25, -0.2) is 4.98 Å². The molecule has 0 unspecified atom stereocenters. The second-order valence-corrected chi connectivity index (χ2v) is 4.32. The maximum Gasteiger partial charge on any atom is 0.121 e. The van der Waals surface area contributed by atoms with Crippen LogP contribution < -0.4 is 0 Å². The summed E-state index contributed by atoms with van der Waals surface area (Å²) in [6.45, 7) is 6.07. The fourth-order valence-corrected chi connectivity index (χ4v) is 1.74. The van der Waals surface area contributed by atoms with E-state index in [4.69, 9.17) is 0 Å². The van der Waals surface area contributed by atoms with E-state index in [9.17, 15) is 5.11 Å². The minimum absolute atomic E-state index is 0.332. The first-order chi connectivity index (χ1) is 7.58. The van der Waals surface area contributed by atoms with Gasteiger partial charge in [0.05, 0.1) is 17.7 Å². The average molecular weight is 216 g/mol. The van der Waals surface area contributed by atoms with Gasteiger partial charge in [0.1, 0.15) is 5.75 Å². The number of phenolic OH excluding ortho intramolecular Hbond substituents is 1. The van der Waals surface area contributed by atoms with Crippen LogP contribution in [0.3, 0.4) is 0 Å². The lowest BCUT2D eigenvalue weighted by atomic mass is 10.0. The summed E-state index contributed by atoms with van der Waals surface area (Å²) < 4.78 is 1.90. The van der Waals surface area contributed by atoms with Crippen molar-refractivity contribution in [2.45, 2.75) is 26.7 Å². The Morgan fingerprint density at radius 3 is 2.56 bits per heavy atom. The van der Waals surface area contributed by atoms with Crippen LogP contribution in [0.15, 0.2) is 30.7 Å². The molecule has 2 aromatic rings. The SMILES string of the molecule is Cc1cn(-c2ccc(C(C)C)c(O)c2)cn1. The molecular weight excluding hydrogens is 200 g/mol. The molecule has 0 aliphatic carbocycles. The van der Waals surface area contributed by atoms with Gasteiger partial charge in [0.2, 0.25) is 0 Å². The molecule has 0 saturated carbocycles. The molecule has 16 heavy (non-hydrogen) atoms. The van der Waals surface area contributed by atoms with Gasteiger partial charge in [-0.1, -0.05) is 19.9 Å². The van der Waals surface area contributed by atoms with E-state index in [1.54, 1.807) is 12.4 Å². The highest BCUT2D eigenvalue weighted by Gasteiger charge is 2.07. The van der Waals surface area contributed by atoms with Crippen molar-refractivity contribution in [2.24, 2.45) is 0 Å². The minimum atomic E-state index is 0.332. The van der Waals surface area contributed by atoms with Gasteiger partial charge < -0.3 is 9.67 Å². The Morgan fingerprint density at radius 2 is 2.06 bits per heavy atom. The quantitative estimate of drug-likeness (QED) is 0.838. The lowest BCUT2D eigenvalue weighted by molar-refractivity contribution is 0.464. The third-order valence-electron chi connectivity index (χ3n) is 2.65. The van der Waals surface area contributed by atoms with Gasteiger partial charge in [0.25, 0.3) is 0 Å². The van der Waals surface area contributed by atoms with Crippen molar-refractivity contribution in [3.05, 3.63) is 42.0 Å². The van der Waals surface area contributed by atoms with E-state index in [2.05, 4.69) is 18.8 Å². The molecule has 3 nitrogen and oxygen atoms in total. The van der Waals surface area contributed by atoms with Crippen LogP contribution in [-0.4, -0.2) is 14.7 Å². The fourth-order valence-electron chi connectivity index (χ4n) is 1.74. The maximum atomic E-state index is 9.90. The monoisotopic (exact) mass is 216 g/mol. The lowest BCUT2D eigenvalue weighted by Gasteiger charge is -2.10. The van der Waals surface area contributed by atoms with Crippen LogP contribution in [-0.2, 0) is 0 Å². The third kappa shape index (κ3) is 1.94. The zero-order valence-corrected chi connectivity index (χ0v) is 9.81. The van der Waals surface area contributed by atoms with Crippen molar-refractivity contribution < 1.29 is 5.11 Å². The molecule has 0 aliphatic rings. The van der Waals surface area contributed by atoms with E-state index in [1.165, 1.54) is 0 Å². The number of imidazole rings is 1. The van der Waals surface area contributed by atoms with Gasteiger partial charge in [0, 0.05) is 12.3 Å². The van der Waals surface area contributed by atoms with E-state index < -0.39 is 0 Å². The zero-order chi connectivity index (χ0) is 11.7. The molecule has 84 valence electrons. The van der Waals surface area contributed by atoms with Crippen LogP contribution in [0.4, 0.5) is 0 Å². The summed E-state index contributed by atoms with van der Waals surface area (Å²) in [6.07, 6.45) is 3.68. The Balaban J connectivity index is 2.42. The predicted octanol–water partition coefficient (Wildman–Crippen LogP) is 3.01. The summed E-state index contributed by atoms with van der Waals surface area (Å²) in [6, 6.07) is 5.73. The van der Waals surface area contributed by atoms with Crippen LogP contribution in [0.1, 0.15) is 31.0 Å². The van der Waals surface area contributed by atoms with Crippen molar-refractivity contribution in [3.63, 3.8) is 0 Å². The van der Waals surface area contributed by atoms with Crippen LogP contribution in [0, 0.1) is 6.92 Å². The molecule has 1 aromatic heterocycles. The third-order valence-corrected chi connectivity index (χ3v) is 2.65. The largest absolute Gasteiger partial charge is 0.508 e. The molecule has 0 radical (unpaired) electrons. The van der Waals surface area contributed by atoms with Crippen LogP contribution >= 0.6 is 0 Å². The van der Waals surface area contributed by atoms with Crippen molar-refractivity contribution in [3.8, 4) is 11.4 Å². The van der Waals surface area contributed by atoms with Crippen molar-refractivity contribution >= 4 is 0 Å². The normalized spacial score (nSPS) is 11.0. The van der Waals surface area contributed by atoms with Gasteiger partial charge in [-0.2, -0.15) is 0 Å². The summed E-state index contributed by atoms with van der Waals surface area (Å²) in [5, 5.41) is 9.90. The fraction of sp³-hybridized carbons (Fsp3) is 0.308. The van der Waals surface area contributed by atoms with E-state index in [0.29, 0.717) is 11.7 Å². The van der Waals surface area contributed by atoms with Gasteiger partial charge in [-0.05, 0) is 24.5 Å². The van der Waals surface area contributed by atoms with Crippen LogP contribution in [0.2, 0.25) is 0 Å². The number of nitrogens with zero attached hydrogens (tertiary/aromatic N) is 2. The van der Waals surface area contributed by atoms with Crippen molar-refractivity contribution in [1.29, 1.82) is 0 Å². The molecule has 1 heterocycles. The molecule has 1 N–H and O–H groups in total. The second kappa shape index (κ2) is 4.00. The first-order valence-corrected chi connectivity index (χ1v) is 5.42. The van der Waals surface area contributed by atoms with E-state index >= 15 is 0 Å². The van der Waals surface area contributed by atoms with Gasteiger partial charge >= 0.3 is 0 Å². The number of phenols is 1. The Hall–Kier alpha value is -1.77. The molecule has 2 rings (SSSR count). The molecule has 0 amide bonds. The Bertz CT molecular complexity index is 500. The number of hydrogen-bond acceptors (Lipinski definition) is 2. The highest BCUT2D eigenvalue weighted by molar-refractivity contribution is 5.45. The highest BCUT2D eigenvalue weighted by Crippen LogP contribution is 2.27. The molecule has 1 aromatic carbocycles. The summed E-state index contributed by atoms with van der Waals surface area (Å²) in [4.78, 5) is 4.16. The molecular formula is C13H16N2O. The Labute approximate surface area is 95.4 Å². The highest BCUT2D eigenvalue weighted by atomic mass is 16.3. The summed E-state index contributed by atoms with van der Waals surface area (Å²) in [5.74, 6) is 0.678. The molecule has 0 saturated heterocycles. The molecule has 0 aliphatic heterocycles. The minimum Gasteiger partial charge on any atom is -0.508 e. The average Bonchev–Trinajstić information content (AvgIpc) is 2.64. The van der Waals surface area contributed by atoms with Crippen molar-refractivity contribution in [2.75, 3.05) is 0 Å². The summed E-state index contributed by atoms with van der Waals surface area (Å²) >= 11 is 0. The molecule has 0 spiro atoms. The van der Waals surface area contributed by atoms with Crippen LogP contribution in [0.5, 0.6) is 5.75 Å². The van der Waals surface area contributed by atoms with E-state index in [0.717, 1.165) is 16.9 Å². The van der Waals surface area contributed by atoms with Crippen molar-refractivity contribution in [1.82, 2.24) is 9.55 Å². The van der Waals surface area contributed by atoms with Gasteiger partial charge in [-0.15, -0.1) is 0 Å².